The molecule has 1 heterocycles. The van der Waals surface area contributed by atoms with E-state index in [-0.39, 0.29) is 24.8 Å². The molecule has 0 radical (unpaired) electrons. The first-order valence-corrected chi connectivity index (χ1v) is 6.33. The van der Waals surface area contributed by atoms with Gasteiger partial charge in [0.2, 0.25) is 0 Å². The van der Waals surface area contributed by atoms with Crippen molar-refractivity contribution in [1.82, 2.24) is 15.6 Å². The van der Waals surface area contributed by atoms with Gasteiger partial charge < -0.3 is 14.8 Å². The number of aromatic nitrogens is 2. The van der Waals surface area contributed by atoms with Crippen LogP contribution in [0.5, 0.6) is 11.6 Å². The lowest BCUT2D eigenvalue weighted by atomic mass is 10.3. The average molecular weight is 313 g/mol. The summed E-state index contributed by atoms with van der Waals surface area (Å²) >= 11 is 0. The van der Waals surface area contributed by atoms with Crippen molar-refractivity contribution in [2.45, 2.75) is 6.92 Å². The molecule has 0 saturated carbocycles. The summed E-state index contributed by atoms with van der Waals surface area (Å²) in [6, 6.07) is 2.83. The summed E-state index contributed by atoms with van der Waals surface area (Å²) in [5.41, 5.74) is 0.501. The molecule has 9 heteroatoms. The zero-order valence-corrected chi connectivity index (χ0v) is 11.6. The number of amides is 1. The zero-order chi connectivity index (χ0) is 15.9. The highest BCUT2D eigenvalue weighted by Crippen LogP contribution is 2.17. The van der Waals surface area contributed by atoms with E-state index in [4.69, 9.17) is 9.47 Å². The lowest BCUT2D eigenvalue weighted by molar-refractivity contribution is -0.123. The maximum Gasteiger partial charge on any atom is 0.278 e. The summed E-state index contributed by atoms with van der Waals surface area (Å²) in [7, 11) is 0. The van der Waals surface area contributed by atoms with Crippen molar-refractivity contribution in [3.8, 4) is 11.6 Å². The third-order valence-corrected chi connectivity index (χ3v) is 2.53. The summed E-state index contributed by atoms with van der Waals surface area (Å²) in [6.45, 7) is 1.62. The van der Waals surface area contributed by atoms with Crippen LogP contribution in [0, 0.1) is 18.6 Å². The number of carbonyl (C=O) groups excluding carboxylic acids is 1. The number of aryl methyl sites for hydroxylation is 1. The van der Waals surface area contributed by atoms with Gasteiger partial charge in [0.15, 0.2) is 18.2 Å². The Morgan fingerprint density at radius 1 is 1.32 bits per heavy atom. The number of hydrogen-bond acceptors (Lipinski definition) is 6. The molecule has 0 spiro atoms. The molecule has 1 amide bonds. The molecule has 1 N–H and O–H groups in total. The predicted molar refractivity (Wildman–Crippen MR) is 69.4 cm³/mol. The molecule has 0 aliphatic heterocycles. The fourth-order valence-corrected chi connectivity index (χ4v) is 1.48. The van der Waals surface area contributed by atoms with E-state index >= 15 is 0 Å². The number of halogens is 2. The summed E-state index contributed by atoms with van der Waals surface area (Å²) in [4.78, 5) is 11.5. The summed E-state index contributed by atoms with van der Waals surface area (Å²) in [5.74, 6) is -2.01. The van der Waals surface area contributed by atoms with E-state index in [0.29, 0.717) is 11.8 Å². The molecule has 118 valence electrons. The molecular weight excluding hydrogens is 300 g/mol. The van der Waals surface area contributed by atoms with Crippen molar-refractivity contribution >= 4 is 5.91 Å². The van der Waals surface area contributed by atoms with E-state index in [0.717, 1.165) is 12.1 Å². The van der Waals surface area contributed by atoms with Gasteiger partial charge in [-0.15, -0.1) is 0 Å². The van der Waals surface area contributed by atoms with Crippen LogP contribution in [-0.4, -0.2) is 36.0 Å². The lowest BCUT2D eigenvalue weighted by Gasteiger charge is -2.08. The second kappa shape index (κ2) is 7.34. The molecule has 0 unspecified atom stereocenters. The number of nitrogens with one attached hydrogen (secondary N) is 1. The van der Waals surface area contributed by atoms with Crippen LogP contribution in [0.1, 0.15) is 5.69 Å². The van der Waals surface area contributed by atoms with Gasteiger partial charge in [0.25, 0.3) is 11.8 Å². The first kappa shape index (κ1) is 15.7. The molecule has 7 nitrogen and oxygen atoms in total. The van der Waals surface area contributed by atoms with Gasteiger partial charge in [-0.05, 0) is 24.2 Å². The van der Waals surface area contributed by atoms with Crippen LogP contribution in [0.25, 0.3) is 0 Å². The fraction of sp³-hybridized carbons (Fsp3) is 0.308. The SMILES string of the molecule is Cc1nonc1OCCNC(=O)COc1ccc(F)cc1F. The largest absolute Gasteiger partial charge is 0.481 e. The molecule has 0 aliphatic carbocycles. The van der Waals surface area contributed by atoms with E-state index in [1.165, 1.54) is 0 Å². The highest BCUT2D eigenvalue weighted by Gasteiger charge is 2.09. The monoisotopic (exact) mass is 313 g/mol. The molecule has 0 aliphatic rings. The molecule has 1 aromatic heterocycles. The third-order valence-electron chi connectivity index (χ3n) is 2.53. The second-order valence-electron chi connectivity index (χ2n) is 4.22. The number of benzene rings is 1. The molecular formula is C13H13F2N3O4. The number of hydrogen-bond donors (Lipinski definition) is 1. The van der Waals surface area contributed by atoms with Crippen LogP contribution in [0.3, 0.4) is 0 Å². The Bertz CT molecular complexity index is 648. The van der Waals surface area contributed by atoms with Crippen LogP contribution in [0.15, 0.2) is 22.8 Å². The topological polar surface area (TPSA) is 86.5 Å². The van der Waals surface area contributed by atoms with Gasteiger partial charge in [0, 0.05) is 6.07 Å². The van der Waals surface area contributed by atoms with Gasteiger partial charge in [-0.3, -0.25) is 4.79 Å². The van der Waals surface area contributed by atoms with Crippen molar-refractivity contribution in [3.63, 3.8) is 0 Å². The number of nitrogens with zero attached hydrogens (tertiary/aromatic N) is 2. The molecule has 22 heavy (non-hydrogen) atoms. The summed E-state index contributed by atoms with van der Waals surface area (Å²) < 4.78 is 40.5. The number of rotatable bonds is 7. The number of ether oxygens (including phenoxy) is 2. The molecule has 0 fully saturated rings. The Labute approximate surface area is 124 Å². The molecule has 0 atom stereocenters. The minimum Gasteiger partial charge on any atom is -0.481 e. The molecule has 2 rings (SSSR count). The van der Waals surface area contributed by atoms with Crippen LogP contribution in [-0.2, 0) is 4.79 Å². The first-order valence-electron chi connectivity index (χ1n) is 6.33. The molecule has 0 saturated heterocycles. The maximum absolute atomic E-state index is 13.3. The van der Waals surface area contributed by atoms with E-state index in [1.54, 1.807) is 6.92 Å². The van der Waals surface area contributed by atoms with Crippen molar-refractivity contribution in [3.05, 3.63) is 35.5 Å². The maximum atomic E-state index is 13.3. The van der Waals surface area contributed by atoms with Gasteiger partial charge >= 0.3 is 0 Å². The summed E-state index contributed by atoms with van der Waals surface area (Å²) in [5, 5.41) is 9.54. The minimum absolute atomic E-state index is 0.158. The zero-order valence-electron chi connectivity index (χ0n) is 11.6. The average Bonchev–Trinajstić information content (AvgIpc) is 2.88. The Kier molecular flexibility index (Phi) is 5.23. The Hall–Kier alpha value is -2.71. The van der Waals surface area contributed by atoms with Gasteiger partial charge in [-0.1, -0.05) is 5.16 Å². The Morgan fingerprint density at radius 3 is 2.82 bits per heavy atom. The fourth-order valence-electron chi connectivity index (χ4n) is 1.48. The van der Waals surface area contributed by atoms with Gasteiger partial charge in [-0.25, -0.2) is 13.4 Å². The van der Waals surface area contributed by atoms with Crippen molar-refractivity contribution in [2.75, 3.05) is 19.8 Å². The number of carbonyl (C=O) groups is 1. The lowest BCUT2D eigenvalue weighted by Crippen LogP contribution is -2.32. The third kappa shape index (κ3) is 4.40. The smallest absolute Gasteiger partial charge is 0.278 e. The highest BCUT2D eigenvalue weighted by molar-refractivity contribution is 5.77. The van der Waals surface area contributed by atoms with Gasteiger partial charge in [0.05, 0.1) is 6.54 Å². The van der Waals surface area contributed by atoms with E-state index in [2.05, 4.69) is 20.3 Å². The predicted octanol–water partition coefficient (Wildman–Crippen LogP) is 1.23. The van der Waals surface area contributed by atoms with Gasteiger partial charge in [0.1, 0.15) is 18.1 Å². The minimum atomic E-state index is -0.870. The standard InChI is InChI=1S/C13H13F2N3O4/c1-8-13(18-22-17-8)20-5-4-16-12(19)7-21-11-3-2-9(14)6-10(11)15/h2-3,6H,4-5,7H2,1H3,(H,16,19). The van der Waals surface area contributed by atoms with Crippen molar-refractivity contribution in [1.29, 1.82) is 0 Å². The normalized spacial score (nSPS) is 10.3. The first-order chi connectivity index (χ1) is 10.6. The summed E-state index contributed by atoms with van der Waals surface area (Å²) in [6.07, 6.45) is 0. The Morgan fingerprint density at radius 2 is 2.14 bits per heavy atom. The Balaban J connectivity index is 1.66. The second-order valence-corrected chi connectivity index (χ2v) is 4.22. The van der Waals surface area contributed by atoms with Crippen molar-refractivity contribution < 1.29 is 27.7 Å². The van der Waals surface area contributed by atoms with Crippen LogP contribution >= 0.6 is 0 Å². The van der Waals surface area contributed by atoms with Crippen LogP contribution in [0.2, 0.25) is 0 Å². The van der Waals surface area contributed by atoms with Crippen LogP contribution in [0.4, 0.5) is 8.78 Å². The van der Waals surface area contributed by atoms with E-state index < -0.39 is 24.1 Å². The van der Waals surface area contributed by atoms with Gasteiger partial charge in [-0.2, -0.15) is 0 Å². The molecule has 2 aromatic rings. The molecule has 0 bridgehead atoms. The highest BCUT2D eigenvalue weighted by atomic mass is 19.1. The van der Waals surface area contributed by atoms with E-state index in [1.807, 2.05) is 0 Å². The van der Waals surface area contributed by atoms with E-state index in [9.17, 15) is 13.6 Å². The van der Waals surface area contributed by atoms with Crippen molar-refractivity contribution in [2.24, 2.45) is 0 Å². The molecule has 1 aromatic carbocycles. The van der Waals surface area contributed by atoms with Crippen LogP contribution < -0.4 is 14.8 Å². The quantitative estimate of drug-likeness (QED) is 0.774.